The summed E-state index contributed by atoms with van der Waals surface area (Å²) < 4.78 is 5.19. The highest BCUT2D eigenvalue weighted by Gasteiger charge is 2.15. The van der Waals surface area contributed by atoms with Crippen LogP contribution in [-0.4, -0.2) is 29.8 Å². The van der Waals surface area contributed by atoms with Crippen molar-refractivity contribution >= 4 is 22.7 Å². The van der Waals surface area contributed by atoms with Gasteiger partial charge in [-0.2, -0.15) is 0 Å². The van der Waals surface area contributed by atoms with E-state index < -0.39 is 5.60 Å². The van der Waals surface area contributed by atoms with Crippen LogP contribution < -0.4 is 10.6 Å². The Morgan fingerprint density at radius 2 is 2.00 bits per heavy atom. The van der Waals surface area contributed by atoms with E-state index in [9.17, 15) is 4.79 Å². The standard InChI is InChI=1S/C18H25N3O2/c1-13-8-9-15(14-7-5-10-20-16(13)14)19-11-6-12-21-17(22)23-18(2,3)4/h5,7-10,19H,6,11-12H2,1-4H3,(H,21,22). The Labute approximate surface area is 137 Å². The van der Waals surface area contributed by atoms with Crippen LogP contribution >= 0.6 is 0 Å². The van der Waals surface area contributed by atoms with Crippen LogP contribution in [0.5, 0.6) is 0 Å². The molecule has 1 amide bonds. The monoisotopic (exact) mass is 315 g/mol. The smallest absolute Gasteiger partial charge is 0.407 e. The number of pyridine rings is 1. The Bertz CT molecular complexity index is 678. The van der Waals surface area contributed by atoms with Crippen molar-refractivity contribution in [1.82, 2.24) is 10.3 Å². The minimum Gasteiger partial charge on any atom is -0.444 e. The number of rotatable bonds is 5. The number of carbonyl (C=O) groups is 1. The molecule has 5 nitrogen and oxygen atoms in total. The van der Waals surface area contributed by atoms with Gasteiger partial charge in [0.1, 0.15) is 5.60 Å². The van der Waals surface area contributed by atoms with E-state index >= 15 is 0 Å². The van der Waals surface area contributed by atoms with Crippen LogP contribution in [-0.2, 0) is 4.74 Å². The van der Waals surface area contributed by atoms with Gasteiger partial charge in [-0.25, -0.2) is 4.79 Å². The molecule has 0 radical (unpaired) electrons. The lowest BCUT2D eigenvalue weighted by atomic mass is 10.1. The van der Waals surface area contributed by atoms with Crippen molar-refractivity contribution in [3.63, 3.8) is 0 Å². The zero-order valence-corrected chi connectivity index (χ0v) is 14.3. The molecular formula is C18H25N3O2. The zero-order valence-electron chi connectivity index (χ0n) is 14.3. The number of aromatic nitrogens is 1. The molecule has 2 N–H and O–H groups in total. The van der Waals surface area contributed by atoms with E-state index in [0.717, 1.165) is 35.1 Å². The van der Waals surface area contributed by atoms with Gasteiger partial charge in [-0.3, -0.25) is 4.98 Å². The highest BCUT2D eigenvalue weighted by Crippen LogP contribution is 2.24. The van der Waals surface area contributed by atoms with E-state index in [1.807, 2.05) is 33.0 Å². The van der Waals surface area contributed by atoms with Crippen molar-refractivity contribution in [2.75, 3.05) is 18.4 Å². The lowest BCUT2D eigenvalue weighted by Crippen LogP contribution is -2.33. The van der Waals surface area contributed by atoms with Crippen LogP contribution in [0.2, 0.25) is 0 Å². The first-order valence-corrected chi connectivity index (χ1v) is 7.92. The maximum absolute atomic E-state index is 11.5. The van der Waals surface area contributed by atoms with E-state index in [1.165, 1.54) is 0 Å². The fourth-order valence-corrected chi connectivity index (χ4v) is 2.28. The molecule has 0 saturated heterocycles. The van der Waals surface area contributed by atoms with Gasteiger partial charge in [0.05, 0.1) is 5.52 Å². The molecule has 1 heterocycles. The Morgan fingerprint density at radius 3 is 2.74 bits per heavy atom. The molecule has 124 valence electrons. The highest BCUT2D eigenvalue weighted by atomic mass is 16.6. The number of aryl methyl sites for hydroxylation is 1. The normalized spacial score (nSPS) is 11.3. The molecule has 2 rings (SSSR count). The van der Waals surface area contributed by atoms with Gasteiger partial charge in [-0.1, -0.05) is 6.07 Å². The number of anilines is 1. The van der Waals surface area contributed by atoms with Gasteiger partial charge in [-0.15, -0.1) is 0 Å². The number of hydrogen-bond acceptors (Lipinski definition) is 4. The predicted molar refractivity (Wildman–Crippen MR) is 93.8 cm³/mol. The molecule has 2 aromatic rings. The fourth-order valence-electron chi connectivity index (χ4n) is 2.28. The van der Waals surface area contributed by atoms with Crippen molar-refractivity contribution in [3.05, 3.63) is 36.0 Å². The molecule has 0 fully saturated rings. The van der Waals surface area contributed by atoms with E-state index in [-0.39, 0.29) is 6.09 Å². The van der Waals surface area contributed by atoms with Gasteiger partial charge >= 0.3 is 6.09 Å². The molecule has 0 aliphatic heterocycles. The van der Waals surface area contributed by atoms with Crippen molar-refractivity contribution in [3.8, 4) is 0 Å². The zero-order chi connectivity index (χ0) is 16.9. The van der Waals surface area contributed by atoms with Crippen LogP contribution in [0.15, 0.2) is 30.5 Å². The second kappa shape index (κ2) is 7.31. The molecule has 5 heteroatoms. The molecule has 23 heavy (non-hydrogen) atoms. The summed E-state index contributed by atoms with van der Waals surface area (Å²) in [7, 11) is 0. The van der Waals surface area contributed by atoms with Crippen molar-refractivity contribution in [2.24, 2.45) is 0 Å². The van der Waals surface area contributed by atoms with Crippen LogP contribution in [0.25, 0.3) is 10.9 Å². The lowest BCUT2D eigenvalue weighted by Gasteiger charge is -2.19. The quantitative estimate of drug-likeness (QED) is 0.822. The molecule has 1 aromatic heterocycles. The third-order valence-electron chi connectivity index (χ3n) is 3.31. The number of nitrogens with zero attached hydrogens (tertiary/aromatic N) is 1. The van der Waals surface area contributed by atoms with Crippen molar-refractivity contribution < 1.29 is 9.53 Å². The largest absolute Gasteiger partial charge is 0.444 e. The number of hydrogen-bond donors (Lipinski definition) is 2. The Hall–Kier alpha value is -2.30. The number of carbonyl (C=O) groups excluding carboxylic acids is 1. The second-order valence-corrected chi connectivity index (χ2v) is 6.54. The number of amides is 1. The molecule has 0 aliphatic carbocycles. The summed E-state index contributed by atoms with van der Waals surface area (Å²) in [4.78, 5) is 16.0. The molecular weight excluding hydrogens is 290 g/mol. The van der Waals surface area contributed by atoms with E-state index in [0.29, 0.717) is 6.54 Å². The molecule has 0 atom stereocenters. The number of nitrogens with one attached hydrogen (secondary N) is 2. The number of alkyl carbamates (subject to hydrolysis) is 1. The molecule has 0 saturated carbocycles. The minimum absolute atomic E-state index is 0.373. The number of ether oxygens (including phenoxy) is 1. The maximum atomic E-state index is 11.5. The molecule has 0 bridgehead atoms. The Morgan fingerprint density at radius 1 is 1.22 bits per heavy atom. The van der Waals surface area contributed by atoms with Gasteiger partial charge < -0.3 is 15.4 Å². The van der Waals surface area contributed by atoms with Crippen LogP contribution in [0.1, 0.15) is 32.8 Å². The second-order valence-electron chi connectivity index (χ2n) is 6.54. The van der Waals surface area contributed by atoms with Crippen LogP contribution in [0, 0.1) is 6.92 Å². The molecule has 0 aliphatic rings. The van der Waals surface area contributed by atoms with Crippen LogP contribution in [0.4, 0.5) is 10.5 Å². The number of benzene rings is 1. The third-order valence-corrected chi connectivity index (χ3v) is 3.31. The van der Waals surface area contributed by atoms with Gasteiger partial charge in [0.2, 0.25) is 0 Å². The summed E-state index contributed by atoms with van der Waals surface area (Å²) in [6.45, 7) is 8.96. The molecule has 0 unspecified atom stereocenters. The predicted octanol–water partition coefficient (Wildman–Crippen LogP) is 3.87. The van der Waals surface area contributed by atoms with Gasteiger partial charge in [0.15, 0.2) is 0 Å². The Balaban J connectivity index is 1.81. The SMILES string of the molecule is Cc1ccc(NCCCNC(=O)OC(C)(C)C)c2cccnc12. The van der Waals surface area contributed by atoms with Crippen molar-refractivity contribution in [2.45, 2.75) is 39.7 Å². The first-order chi connectivity index (χ1) is 10.9. The van der Waals surface area contributed by atoms with E-state index in [1.54, 1.807) is 0 Å². The van der Waals surface area contributed by atoms with E-state index in [4.69, 9.17) is 4.74 Å². The summed E-state index contributed by atoms with van der Waals surface area (Å²) in [5.41, 5.74) is 2.79. The maximum Gasteiger partial charge on any atom is 0.407 e. The first-order valence-electron chi connectivity index (χ1n) is 7.92. The summed E-state index contributed by atoms with van der Waals surface area (Å²) in [5, 5.41) is 7.28. The molecule has 0 spiro atoms. The molecule has 1 aromatic carbocycles. The summed E-state index contributed by atoms with van der Waals surface area (Å²) in [5.74, 6) is 0. The lowest BCUT2D eigenvalue weighted by molar-refractivity contribution is 0.0528. The topological polar surface area (TPSA) is 63.2 Å². The summed E-state index contributed by atoms with van der Waals surface area (Å²) >= 11 is 0. The van der Waals surface area contributed by atoms with Crippen LogP contribution in [0.3, 0.4) is 0 Å². The fraction of sp³-hybridized carbons (Fsp3) is 0.444. The summed E-state index contributed by atoms with van der Waals surface area (Å²) in [6.07, 6.45) is 2.25. The third kappa shape index (κ3) is 5.13. The van der Waals surface area contributed by atoms with E-state index in [2.05, 4.69) is 40.7 Å². The van der Waals surface area contributed by atoms with Crippen molar-refractivity contribution in [1.29, 1.82) is 0 Å². The summed E-state index contributed by atoms with van der Waals surface area (Å²) in [6, 6.07) is 8.14. The van der Waals surface area contributed by atoms with Gasteiger partial charge in [-0.05, 0) is 57.9 Å². The minimum atomic E-state index is -0.462. The average Bonchev–Trinajstić information content (AvgIpc) is 2.47. The highest BCUT2D eigenvalue weighted by molar-refractivity contribution is 5.93. The number of fused-ring (bicyclic) bond motifs is 1. The average molecular weight is 315 g/mol. The Kier molecular flexibility index (Phi) is 5.42. The first kappa shape index (κ1) is 17.1. The van der Waals surface area contributed by atoms with Gasteiger partial charge in [0.25, 0.3) is 0 Å². The van der Waals surface area contributed by atoms with Gasteiger partial charge in [0, 0.05) is 30.4 Å².